The van der Waals surface area contributed by atoms with Gasteiger partial charge in [0.1, 0.15) is 6.29 Å². The summed E-state index contributed by atoms with van der Waals surface area (Å²) in [5, 5.41) is 0. The summed E-state index contributed by atoms with van der Waals surface area (Å²) in [5.74, 6) is 0.359. The van der Waals surface area contributed by atoms with Crippen molar-refractivity contribution in [3.05, 3.63) is 71.3 Å². The zero-order valence-corrected chi connectivity index (χ0v) is 10.8. The van der Waals surface area contributed by atoms with E-state index in [0.29, 0.717) is 5.92 Å². The molecule has 2 rings (SSSR count). The Morgan fingerprint density at radius 3 is 1.78 bits per heavy atom. The average Bonchev–Trinajstić information content (AvgIpc) is 2.41. The van der Waals surface area contributed by atoms with Crippen molar-refractivity contribution >= 4 is 6.29 Å². The highest BCUT2D eigenvalue weighted by atomic mass is 16.1. The molecule has 0 saturated carbocycles. The third-order valence-corrected chi connectivity index (χ3v) is 3.26. The van der Waals surface area contributed by atoms with Gasteiger partial charge < -0.3 is 4.79 Å². The van der Waals surface area contributed by atoms with E-state index >= 15 is 0 Å². The third-order valence-electron chi connectivity index (χ3n) is 3.26. The Hall–Kier alpha value is -1.89. The Bertz CT molecular complexity index is 497. The van der Waals surface area contributed by atoms with Crippen LogP contribution >= 0.6 is 0 Å². The molecule has 0 radical (unpaired) electrons. The van der Waals surface area contributed by atoms with Crippen molar-refractivity contribution in [1.82, 2.24) is 0 Å². The largest absolute Gasteiger partial charge is 0.302 e. The second-order valence-electron chi connectivity index (χ2n) is 4.85. The van der Waals surface area contributed by atoms with Crippen LogP contribution in [0.5, 0.6) is 0 Å². The van der Waals surface area contributed by atoms with Crippen LogP contribution in [0.1, 0.15) is 42.4 Å². The Kier molecular flexibility index (Phi) is 3.93. The van der Waals surface area contributed by atoms with Crippen LogP contribution in [0.4, 0.5) is 0 Å². The molecule has 0 heterocycles. The lowest BCUT2D eigenvalue weighted by molar-refractivity contribution is -0.108. The molecule has 0 saturated heterocycles. The second-order valence-corrected chi connectivity index (χ2v) is 4.85. The number of benzene rings is 2. The minimum absolute atomic E-state index is 0.160. The van der Waals surface area contributed by atoms with E-state index in [1.54, 1.807) is 0 Å². The molecule has 0 bridgehead atoms. The molecule has 0 fully saturated rings. The van der Waals surface area contributed by atoms with E-state index < -0.39 is 0 Å². The van der Waals surface area contributed by atoms with Gasteiger partial charge in [0.15, 0.2) is 0 Å². The number of rotatable bonds is 4. The van der Waals surface area contributed by atoms with Gasteiger partial charge in [-0.05, 0) is 22.6 Å². The van der Waals surface area contributed by atoms with Crippen molar-refractivity contribution in [3.8, 4) is 0 Å². The topological polar surface area (TPSA) is 17.1 Å². The van der Waals surface area contributed by atoms with Gasteiger partial charge >= 0.3 is 0 Å². The first-order valence-corrected chi connectivity index (χ1v) is 6.32. The molecule has 1 heteroatoms. The van der Waals surface area contributed by atoms with Crippen molar-refractivity contribution in [2.75, 3.05) is 0 Å². The summed E-state index contributed by atoms with van der Waals surface area (Å²) in [6.07, 6.45) is 1.01. The molecule has 0 spiro atoms. The van der Waals surface area contributed by atoms with E-state index in [1.807, 2.05) is 30.3 Å². The highest BCUT2D eigenvalue weighted by Crippen LogP contribution is 2.24. The van der Waals surface area contributed by atoms with Crippen LogP contribution in [0.2, 0.25) is 0 Å². The van der Waals surface area contributed by atoms with Crippen LogP contribution < -0.4 is 0 Å². The number of hydrogen-bond donors (Lipinski definition) is 0. The predicted octanol–water partition coefficient (Wildman–Crippen LogP) is 4.14. The van der Waals surface area contributed by atoms with Crippen molar-refractivity contribution in [2.24, 2.45) is 0 Å². The molecule has 0 aliphatic heterocycles. The fourth-order valence-electron chi connectivity index (χ4n) is 2.10. The van der Waals surface area contributed by atoms with Crippen molar-refractivity contribution in [1.29, 1.82) is 0 Å². The van der Waals surface area contributed by atoms with Gasteiger partial charge in [-0.25, -0.2) is 0 Å². The molecule has 0 aromatic heterocycles. The summed E-state index contributed by atoms with van der Waals surface area (Å²) < 4.78 is 0. The SMILES string of the molecule is CC(C)c1ccc(C(C=O)c2ccccc2)cc1. The molecule has 1 atom stereocenters. The molecule has 0 N–H and O–H groups in total. The fraction of sp³-hybridized carbons (Fsp3) is 0.235. The minimum atomic E-state index is -0.160. The summed E-state index contributed by atoms with van der Waals surface area (Å²) in [5.41, 5.74) is 3.40. The summed E-state index contributed by atoms with van der Waals surface area (Å²) in [6, 6.07) is 18.2. The smallest absolute Gasteiger partial charge is 0.131 e. The van der Waals surface area contributed by atoms with E-state index in [1.165, 1.54) is 5.56 Å². The summed E-state index contributed by atoms with van der Waals surface area (Å²) in [4.78, 5) is 11.3. The normalized spacial score (nSPS) is 12.4. The summed E-state index contributed by atoms with van der Waals surface area (Å²) in [6.45, 7) is 4.34. The Morgan fingerprint density at radius 1 is 0.778 bits per heavy atom. The van der Waals surface area contributed by atoms with Gasteiger partial charge in [0.05, 0.1) is 5.92 Å². The van der Waals surface area contributed by atoms with Crippen molar-refractivity contribution in [3.63, 3.8) is 0 Å². The van der Waals surface area contributed by atoms with E-state index in [9.17, 15) is 4.79 Å². The maximum atomic E-state index is 11.3. The molecular formula is C17H18O. The standard InChI is InChI=1S/C17H18O/c1-13(2)14-8-10-16(11-9-14)17(12-18)15-6-4-3-5-7-15/h3-13,17H,1-2H3. The quantitative estimate of drug-likeness (QED) is 0.732. The molecule has 18 heavy (non-hydrogen) atoms. The number of carbonyl (C=O) groups excluding carboxylic acids is 1. The maximum Gasteiger partial charge on any atom is 0.131 e. The van der Waals surface area contributed by atoms with Crippen LogP contribution in [-0.4, -0.2) is 6.29 Å². The number of carbonyl (C=O) groups is 1. The second kappa shape index (κ2) is 5.63. The van der Waals surface area contributed by atoms with Gasteiger partial charge in [0.2, 0.25) is 0 Å². The first-order chi connectivity index (χ1) is 8.72. The van der Waals surface area contributed by atoms with E-state index in [-0.39, 0.29) is 5.92 Å². The Morgan fingerprint density at radius 2 is 1.28 bits per heavy atom. The van der Waals surface area contributed by atoms with Crippen LogP contribution in [-0.2, 0) is 4.79 Å². The Balaban J connectivity index is 2.31. The molecule has 2 aromatic carbocycles. The van der Waals surface area contributed by atoms with E-state index in [4.69, 9.17) is 0 Å². The fourth-order valence-corrected chi connectivity index (χ4v) is 2.10. The Labute approximate surface area is 108 Å². The first kappa shape index (κ1) is 12.6. The van der Waals surface area contributed by atoms with Gasteiger partial charge in [-0.3, -0.25) is 0 Å². The van der Waals surface area contributed by atoms with Crippen LogP contribution in [0, 0.1) is 0 Å². The number of hydrogen-bond acceptors (Lipinski definition) is 1. The van der Waals surface area contributed by atoms with Crippen molar-refractivity contribution in [2.45, 2.75) is 25.7 Å². The number of aldehydes is 1. The predicted molar refractivity (Wildman–Crippen MR) is 74.9 cm³/mol. The monoisotopic (exact) mass is 238 g/mol. The lowest BCUT2D eigenvalue weighted by atomic mass is 9.91. The molecule has 2 aromatic rings. The molecule has 0 aliphatic rings. The van der Waals surface area contributed by atoms with Crippen LogP contribution in [0.25, 0.3) is 0 Å². The van der Waals surface area contributed by atoms with E-state index in [2.05, 4.69) is 38.1 Å². The lowest BCUT2D eigenvalue weighted by Gasteiger charge is -2.12. The minimum Gasteiger partial charge on any atom is -0.302 e. The lowest BCUT2D eigenvalue weighted by Crippen LogP contribution is -2.02. The third kappa shape index (κ3) is 2.67. The first-order valence-electron chi connectivity index (χ1n) is 6.32. The van der Waals surface area contributed by atoms with Gasteiger partial charge in [-0.1, -0.05) is 68.4 Å². The molecule has 0 amide bonds. The van der Waals surface area contributed by atoms with Gasteiger partial charge in [-0.15, -0.1) is 0 Å². The zero-order chi connectivity index (χ0) is 13.0. The highest BCUT2D eigenvalue weighted by molar-refractivity contribution is 5.68. The average molecular weight is 238 g/mol. The zero-order valence-electron chi connectivity index (χ0n) is 10.8. The van der Waals surface area contributed by atoms with Gasteiger partial charge in [0.25, 0.3) is 0 Å². The van der Waals surface area contributed by atoms with Gasteiger partial charge in [0, 0.05) is 0 Å². The summed E-state index contributed by atoms with van der Waals surface area (Å²) >= 11 is 0. The van der Waals surface area contributed by atoms with E-state index in [0.717, 1.165) is 17.4 Å². The summed E-state index contributed by atoms with van der Waals surface area (Å²) in [7, 11) is 0. The van der Waals surface area contributed by atoms with Gasteiger partial charge in [-0.2, -0.15) is 0 Å². The van der Waals surface area contributed by atoms with Crippen LogP contribution in [0.15, 0.2) is 54.6 Å². The van der Waals surface area contributed by atoms with Crippen molar-refractivity contribution < 1.29 is 4.79 Å². The molecule has 0 aliphatic carbocycles. The molecule has 92 valence electrons. The highest BCUT2D eigenvalue weighted by Gasteiger charge is 2.12. The molecule has 1 nitrogen and oxygen atoms in total. The molecular weight excluding hydrogens is 220 g/mol. The maximum absolute atomic E-state index is 11.3. The van der Waals surface area contributed by atoms with Crippen LogP contribution in [0.3, 0.4) is 0 Å². The molecule has 1 unspecified atom stereocenters.